The number of hydrogen-bond donors (Lipinski definition) is 0. The van der Waals surface area contributed by atoms with Crippen molar-refractivity contribution in [2.75, 3.05) is 0 Å². The summed E-state index contributed by atoms with van der Waals surface area (Å²) in [5, 5.41) is 12.0. The lowest BCUT2D eigenvalue weighted by Gasteiger charge is -2.34. The summed E-state index contributed by atoms with van der Waals surface area (Å²) < 4.78 is 7.01. The molecule has 0 bridgehead atoms. The van der Waals surface area contributed by atoms with Crippen LogP contribution in [0.25, 0.3) is 105 Å². The first-order chi connectivity index (χ1) is 34.2. The number of aliphatic imine (C=N–C) groups is 2. The zero-order chi connectivity index (χ0) is 45.4. The highest BCUT2D eigenvalue weighted by Crippen LogP contribution is 2.46. The van der Waals surface area contributed by atoms with Crippen molar-refractivity contribution in [2.24, 2.45) is 9.98 Å². The standard InChI is InChI=1S/C60H38N9/c1-6-20-38(21-7-1)55-61-56(39-22-8-2-9-23-39)64-59(63-55)68-49-32-18-16-30-43(49)45-34-36-47-48-37-35-46-44-31-17-19-33-50(44)69(54(46)52(48)67(51(47)53(45)68)42-28-14-5-15-29-42)60-65-57(40-24-10-3-11-25-40)62-58(66-60)41-26-12-4-13-27-41/h1-37,59H/q-1. The van der Waals surface area contributed by atoms with E-state index in [0.29, 0.717) is 29.3 Å². The molecule has 5 heterocycles. The molecule has 1 unspecified atom stereocenters. The van der Waals surface area contributed by atoms with Crippen molar-refractivity contribution < 1.29 is 0 Å². The van der Waals surface area contributed by atoms with Crippen LogP contribution in [-0.4, -0.2) is 40.3 Å². The SMILES string of the molecule is c1ccc(C2=NC(n3c4ccccc4c4ccc5c6ccc7c8ccccc8n(-c8nc(-c9ccccc9)nc(-c9ccccc9)n8)c7c6n(-c6ccccc6)c5c43)[N-]C(c3ccccc3)=N2)cc1. The second-order valence-corrected chi connectivity index (χ2v) is 17.2. The summed E-state index contributed by atoms with van der Waals surface area (Å²) in [7, 11) is 0. The van der Waals surface area contributed by atoms with Gasteiger partial charge in [-0.15, -0.1) is 0 Å². The fourth-order valence-electron chi connectivity index (χ4n) is 10.3. The number of aromatic nitrogens is 6. The van der Waals surface area contributed by atoms with Crippen molar-refractivity contribution in [1.29, 1.82) is 0 Å². The maximum atomic E-state index is 5.42. The lowest BCUT2D eigenvalue weighted by Crippen LogP contribution is -2.19. The van der Waals surface area contributed by atoms with Gasteiger partial charge in [0.2, 0.25) is 5.95 Å². The predicted octanol–water partition coefficient (Wildman–Crippen LogP) is 14.2. The van der Waals surface area contributed by atoms with E-state index in [4.69, 9.17) is 30.3 Å². The number of rotatable bonds is 7. The van der Waals surface area contributed by atoms with Gasteiger partial charge in [0, 0.05) is 49.1 Å². The highest BCUT2D eigenvalue weighted by molar-refractivity contribution is 6.29. The van der Waals surface area contributed by atoms with Crippen molar-refractivity contribution in [3.8, 4) is 34.4 Å². The van der Waals surface area contributed by atoms with Crippen LogP contribution in [0.15, 0.2) is 234 Å². The predicted molar refractivity (Wildman–Crippen MR) is 281 cm³/mol. The van der Waals surface area contributed by atoms with Crippen LogP contribution in [0.5, 0.6) is 0 Å². The topological polar surface area (TPSA) is 92.3 Å². The average molecular weight is 885 g/mol. The van der Waals surface area contributed by atoms with Gasteiger partial charge >= 0.3 is 0 Å². The Kier molecular flexibility index (Phi) is 8.75. The molecule has 0 amide bonds. The molecule has 13 aromatic rings. The smallest absolute Gasteiger partial charge is 0.238 e. The minimum atomic E-state index is -0.687. The van der Waals surface area contributed by atoms with Gasteiger partial charge in [0.25, 0.3) is 0 Å². The lowest BCUT2D eigenvalue weighted by atomic mass is 10.1. The van der Waals surface area contributed by atoms with E-state index >= 15 is 0 Å². The van der Waals surface area contributed by atoms with Crippen LogP contribution in [0.3, 0.4) is 0 Å². The van der Waals surface area contributed by atoms with E-state index in [1.165, 1.54) is 0 Å². The quantitative estimate of drug-likeness (QED) is 0.160. The summed E-state index contributed by atoms with van der Waals surface area (Å²) in [6, 6.07) is 77.6. The number of nitrogens with zero attached hydrogens (tertiary/aromatic N) is 9. The van der Waals surface area contributed by atoms with Gasteiger partial charge in [0.05, 0.1) is 38.9 Å². The van der Waals surface area contributed by atoms with Gasteiger partial charge in [-0.1, -0.05) is 206 Å². The maximum absolute atomic E-state index is 5.42. The molecule has 9 aromatic carbocycles. The Morgan fingerprint density at radius 1 is 0.348 bits per heavy atom. The van der Waals surface area contributed by atoms with Crippen molar-refractivity contribution in [3.63, 3.8) is 0 Å². The first-order valence-corrected chi connectivity index (χ1v) is 23.1. The Balaban J connectivity index is 1.13. The normalized spacial score (nSPS) is 13.9. The zero-order valence-corrected chi connectivity index (χ0v) is 37.0. The summed E-state index contributed by atoms with van der Waals surface area (Å²) in [5.41, 5.74) is 10.8. The van der Waals surface area contributed by atoms with Gasteiger partial charge in [0.15, 0.2) is 11.6 Å². The molecule has 0 radical (unpaired) electrons. The third kappa shape index (κ3) is 6.14. The molecule has 0 aliphatic carbocycles. The van der Waals surface area contributed by atoms with Crippen LogP contribution in [-0.2, 0) is 0 Å². The fraction of sp³-hybridized carbons (Fsp3) is 0.0167. The van der Waals surface area contributed by atoms with Crippen LogP contribution in [0.4, 0.5) is 0 Å². The van der Waals surface area contributed by atoms with Gasteiger partial charge in [-0.2, -0.15) is 9.97 Å². The molecular weight excluding hydrogens is 847 g/mol. The molecule has 4 aromatic heterocycles. The van der Waals surface area contributed by atoms with E-state index < -0.39 is 6.29 Å². The molecule has 0 fully saturated rings. The summed E-state index contributed by atoms with van der Waals surface area (Å²) >= 11 is 0. The van der Waals surface area contributed by atoms with Crippen molar-refractivity contribution >= 4 is 77.1 Å². The number of benzene rings is 9. The van der Waals surface area contributed by atoms with Gasteiger partial charge in [-0.3, -0.25) is 9.56 Å². The van der Waals surface area contributed by atoms with Crippen LogP contribution in [0.2, 0.25) is 0 Å². The summed E-state index contributed by atoms with van der Waals surface area (Å²) in [4.78, 5) is 26.3. The van der Waals surface area contributed by atoms with Gasteiger partial charge in [-0.05, 0) is 35.4 Å². The van der Waals surface area contributed by atoms with E-state index in [1.54, 1.807) is 0 Å². The molecule has 9 nitrogen and oxygen atoms in total. The van der Waals surface area contributed by atoms with Crippen LogP contribution < -0.4 is 0 Å². The Morgan fingerprint density at radius 2 is 0.783 bits per heavy atom. The lowest BCUT2D eigenvalue weighted by molar-refractivity contribution is 0.660. The molecule has 1 aliphatic heterocycles. The van der Waals surface area contributed by atoms with Gasteiger partial charge < -0.3 is 19.4 Å². The molecule has 69 heavy (non-hydrogen) atoms. The fourth-order valence-corrected chi connectivity index (χ4v) is 10.3. The van der Waals surface area contributed by atoms with E-state index in [1.807, 2.05) is 72.8 Å². The maximum Gasteiger partial charge on any atom is 0.238 e. The number of para-hydroxylation sites is 3. The molecule has 0 saturated heterocycles. The number of hydrogen-bond acceptors (Lipinski definition) is 5. The molecule has 324 valence electrons. The van der Waals surface area contributed by atoms with Crippen LogP contribution >= 0.6 is 0 Å². The summed E-state index contributed by atoms with van der Waals surface area (Å²) in [6.07, 6.45) is -0.687. The third-order valence-electron chi connectivity index (χ3n) is 13.3. The number of amidine groups is 2. The third-order valence-corrected chi connectivity index (χ3v) is 13.3. The minimum absolute atomic E-state index is 0.530. The Labute approximate surface area is 395 Å². The Hall–Kier alpha value is -9.47. The van der Waals surface area contributed by atoms with Crippen LogP contribution in [0, 0.1) is 0 Å². The minimum Gasteiger partial charge on any atom is -0.424 e. The van der Waals surface area contributed by atoms with E-state index in [0.717, 1.165) is 93.4 Å². The monoisotopic (exact) mass is 884 g/mol. The Bertz CT molecular complexity index is 4140. The van der Waals surface area contributed by atoms with Crippen molar-refractivity contribution in [1.82, 2.24) is 28.7 Å². The van der Waals surface area contributed by atoms with Crippen LogP contribution in [0.1, 0.15) is 17.4 Å². The molecule has 0 spiro atoms. The van der Waals surface area contributed by atoms with Gasteiger partial charge in [-0.25, -0.2) is 4.98 Å². The van der Waals surface area contributed by atoms with Gasteiger partial charge in [0.1, 0.15) is 6.29 Å². The summed E-state index contributed by atoms with van der Waals surface area (Å²) in [5.74, 6) is 2.98. The molecule has 14 rings (SSSR count). The largest absolute Gasteiger partial charge is 0.424 e. The second-order valence-electron chi connectivity index (χ2n) is 17.2. The van der Waals surface area contributed by atoms with E-state index in [-0.39, 0.29) is 0 Å². The summed E-state index contributed by atoms with van der Waals surface area (Å²) in [6.45, 7) is 0. The number of fused-ring (bicyclic) bond motifs is 11. The molecular formula is C60H38N9-. The van der Waals surface area contributed by atoms with E-state index in [2.05, 4.69) is 165 Å². The van der Waals surface area contributed by atoms with Crippen molar-refractivity contribution in [2.45, 2.75) is 6.29 Å². The first-order valence-electron chi connectivity index (χ1n) is 23.1. The molecule has 1 aliphatic rings. The Morgan fingerprint density at radius 3 is 1.38 bits per heavy atom. The first kappa shape index (κ1) is 38.8. The second kappa shape index (κ2) is 15.6. The highest BCUT2D eigenvalue weighted by atomic mass is 15.3. The average Bonchev–Trinajstić information content (AvgIpc) is 4.08. The molecule has 0 N–H and O–H groups in total. The molecule has 0 saturated carbocycles. The molecule has 9 heteroatoms. The zero-order valence-electron chi connectivity index (χ0n) is 37.0. The van der Waals surface area contributed by atoms with E-state index in [9.17, 15) is 0 Å². The highest BCUT2D eigenvalue weighted by Gasteiger charge is 2.28. The van der Waals surface area contributed by atoms with Crippen molar-refractivity contribution in [3.05, 3.63) is 241 Å². The molecule has 1 atom stereocenters.